The molecule has 1 aromatic carbocycles. The molecule has 0 saturated carbocycles. The first-order valence-corrected chi connectivity index (χ1v) is 5.29. The van der Waals surface area contributed by atoms with Crippen molar-refractivity contribution in [1.82, 2.24) is 4.98 Å². The molecule has 0 unspecified atom stereocenters. The summed E-state index contributed by atoms with van der Waals surface area (Å²) in [6.45, 7) is 2.01. The van der Waals surface area contributed by atoms with Crippen molar-refractivity contribution in [3.63, 3.8) is 0 Å². The number of aryl methyl sites for hydroxylation is 1. The van der Waals surface area contributed by atoms with Crippen LogP contribution in [0.1, 0.15) is 23.0 Å². The molecule has 0 radical (unpaired) electrons. The van der Waals surface area contributed by atoms with Gasteiger partial charge < -0.3 is 0 Å². The lowest BCUT2D eigenvalue weighted by molar-refractivity contribution is 0.108. The van der Waals surface area contributed by atoms with E-state index >= 15 is 0 Å². The molecule has 0 fully saturated rings. The SMILES string of the molecule is CCc1cc2ccccc2nc1C(=O)S. The van der Waals surface area contributed by atoms with Crippen LogP contribution in [0.15, 0.2) is 30.3 Å². The number of nitrogens with zero attached hydrogens (tertiary/aromatic N) is 1. The quantitative estimate of drug-likeness (QED) is 0.784. The third kappa shape index (κ3) is 1.88. The molecule has 0 spiro atoms. The zero-order valence-corrected chi connectivity index (χ0v) is 9.29. The van der Waals surface area contributed by atoms with Gasteiger partial charge in [-0.2, -0.15) is 0 Å². The average molecular weight is 217 g/mol. The first kappa shape index (κ1) is 10.2. The summed E-state index contributed by atoms with van der Waals surface area (Å²) < 4.78 is 0. The summed E-state index contributed by atoms with van der Waals surface area (Å²) >= 11 is 3.84. The van der Waals surface area contributed by atoms with Gasteiger partial charge in [0.15, 0.2) is 0 Å². The summed E-state index contributed by atoms with van der Waals surface area (Å²) in [7, 11) is 0. The summed E-state index contributed by atoms with van der Waals surface area (Å²) in [6, 6.07) is 9.77. The van der Waals surface area contributed by atoms with Gasteiger partial charge in [0.25, 0.3) is 0 Å². The maximum atomic E-state index is 11.3. The number of aromatic nitrogens is 1. The molecule has 15 heavy (non-hydrogen) atoms. The molecule has 76 valence electrons. The normalized spacial score (nSPS) is 10.5. The van der Waals surface area contributed by atoms with Crippen molar-refractivity contribution in [3.8, 4) is 0 Å². The van der Waals surface area contributed by atoms with E-state index in [9.17, 15) is 4.79 Å². The molecular weight excluding hydrogens is 206 g/mol. The highest BCUT2D eigenvalue weighted by Crippen LogP contribution is 2.18. The third-order valence-corrected chi connectivity index (χ3v) is 2.60. The van der Waals surface area contributed by atoms with Gasteiger partial charge in [-0.1, -0.05) is 37.8 Å². The third-order valence-electron chi connectivity index (χ3n) is 2.39. The predicted molar refractivity (Wildman–Crippen MR) is 64.4 cm³/mol. The van der Waals surface area contributed by atoms with Gasteiger partial charge in [0.1, 0.15) is 5.69 Å². The first-order valence-electron chi connectivity index (χ1n) is 4.84. The largest absolute Gasteiger partial charge is 0.280 e. The Hall–Kier alpha value is -1.35. The van der Waals surface area contributed by atoms with Crippen LogP contribution >= 0.6 is 12.6 Å². The number of thiol groups is 1. The Labute approximate surface area is 93.7 Å². The minimum absolute atomic E-state index is 0.266. The minimum Gasteiger partial charge on any atom is -0.280 e. The summed E-state index contributed by atoms with van der Waals surface area (Å²) in [5.41, 5.74) is 2.26. The lowest BCUT2D eigenvalue weighted by atomic mass is 10.1. The predicted octanol–water partition coefficient (Wildman–Crippen LogP) is 2.87. The van der Waals surface area contributed by atoms with Crippen LogP contribution < -0.4 is 0 Å². The van der Waals surface area contributed by atoms with Gasteiger partial charge in [-0.15, -0.1) is 0 Å². The number of carbonyl (C=O) groups is 1. The summed E-state index contributed by atoms with van der Waals surface area (Å²) in [5, 5.41) is 0.797. The van der Waals surface area contributed by atoms with Gasteiger partial charge >= 0.3 is 0 Å². The summed E-state index contributed by atoms with van der Waals surface area (Å²) in [6.07, 6.45) is 0.791. The van der Waals surface area contributed by atoms with Crippen LogP contribution in [0.5, 0.6) is 0 Å². The maximum absolute atomic E-state index is 11.3. The average Bonchev–Trinajstić information content (AvgIpc) is 2.27. The fourth-order valence-corrected chi connectivity index (χ4v) is 1.81. The molecule has 1 heterocycles. The highest BCUT2D eigenvalue weighted by atomic mass is 32.1. The number of pyridine rings is 1. The van der Waals surface area contributed by atoms with Crippen molar-refractivity contribution in [3.05, 3.63) is 41.6 Å². The Morgan fingerprint density at radius 2 is 2.13 bits per heavy atom. The first-order chi connectivity index (χ1) is 7.22. The molecule has 0 aliphatic carbocycles. The van der Waals surface area contributed by atoms with E-state index in [0.717, 1.165) is 22.9 Å². The van der Waals surface area contributed by atoms with E-state index in [4.69, 9.17) is 0 Å². The highest BCUT2D eigenvalue weighted by molar-refractivity contribution is 7.97. The summed E-state index contributed by atoms with van der Waals surface area (Å²) in [5.74, 6) is 0. The van der Waals surface area contributed by atoms with E-state index in [1.165, 1.54) is 0 Å². The second-order valence-electron chi connectivity index (χ2n) is 3.35. The number of benzene rings is 1. The number of fused-ring (bicyclic) bond motifs is 1. The minimum atomic E-state index is -0.266. The topological polar surface area (TPSA) is 30.0 Å². The van der Waals surface area contributed by atoms with Crippen LogP contribution in [-0.4, -0.2) is 10.1 Å². The van der Waals surface area contributed by atoms with Crippen molar-refractivity contribution >= 4 is 28.6 Å². The number of hydrogen-bond donors (Lipinski definition) is 1. The molecule has 0 amide bonds. The molecule has 2 aromatic rings. The Morgan fingerprint density at radius 3 is 2.80 bits per heavy atom. The van der Waals surface area contributed by atoms with E-state index in [1.807, 2.05) is 37.3 Å². The standard InChI is InChI=1S/C12H11NOS/c1-2-8-7-9-5-3-4-6-10(9)13-11(8)12(14)15/h3-7H,2H2,1H3,(H,14,15). The molecule has 0 saturated heterocycles. The smallest absolute Gasteiger partial charge is 0.235 e. The zero-order valence-electron chi connectivity index (χ0n) is 8.40. The van der Waals surface area contributed by atoms with Crippen molar-refractivity contribution in [1.29, 1.82) is 0 Å². The summed E-state index contributed by atoms with van der Waals surface area (Å²) in [4.78, 5) is 15.6. The molecular formula is C12H11NOS. The van der Waals surface area contributed by atoms with Crippen LogP contribution in [0.4, 0.5) is 0 Å². The Kier molecular flexibility index (Phi) is 2.73. The van der Waals surface area contributed by atoms with Crippen molar-refractivity contribution in [2.45, 2.75) is 13.3 Å². The van der Waals surface area contributed by atoms with Crippen molar-refractivity contribution < 1.29 is 4.79 Å². The molecule has 0 aliphatic heterocycles. The molecule has 0 N–H and O–H groups in total. The van der Waals surface area contributed by atoms with E-state index < -0.39 is 0 Å². The van der Waals surface area contributed by atoms with Crippen LogP contribution in [0.25, 0.3) is 10.9 Å². The molecule has 2 rings (SSSR count). The lowest BCUT2D eigenvalue weighted by Crippen LogP contribution is -2.01. The molecule has 0 atom stereocenters. The van der Waals surface area contributed by atoms with Crippen LogP contribution in [0, 0.1) is 0 Å². The maximum Gasteiger partial charge on any atom is 0.235 e. The number of para-hydroxylation sites is 1. The van der Waals surface area contributed by atoms with Gasteiger partial charge in [-0.3, -0.25) is 4.79 Å². The Balaban J connectivity index is 2.74. The van der Waals surface area contributed by atoms with Gasteiger partial charge in [-0.05, 0) is 24.1 Å². The lowest BCUT2D eigenvalue weighted by Gasteiger charge is -2.05. The van der Waals surface area contributed by atoms with Gasteiger partial charge in [0.2, 0.25) is 5.12 Å². The number of rotatable bonds is 2. The second-order valence-corrected chi connectivity index (χ2v) is 3.75. The highest BCUT2D eigenvalue weighted by Gasteiger charge is 2.09. The molecule has 3 heteroatoms. The van der Waals surface area contributed by atoms with Gasteiger partial charge in [0.05, 0.1) is 5.52 Å². The van der Waals surface area contributed by atoms with Crippen LogP contribution in [0.3, 0.4) is 0 Å². The number of carbonyl (C=O) groups excluding carboxylic acids is 1. The van der Waals surface area contributed by atoms with Crippen molar-refractivity contribution in [2.75, 3.05) is 0 Å². The number of hydrogen-bond acceptors (Lipinski definition) is 2. The monoisotopic (exact) mass is 217 g/mol. The zero-order chi connectivity index (χ0) is 10.8. The Morgan fingerprint density at radius 1 is 1.40 bits per heavy atom. The van der Waals surface area contributed by atoms with E-state index in [2.05, 4.69) is 17.6 Å². The van der Waals surface area contributed by atoms with Crippen LogP contribution in [0.2, 0.25) is 0 Å². The van der Waals surface area contributed by atoms with E-state index in [0.29, 0.717) is 5.69 Å². The molecule has 0 aliphatic rings. The molecule has 1 aromatic heterocycles. The Bertz CT molecular complexity index is 522. The second kappa shape index (κ2) is 4.03. The van der Waals surface area contributed by atoms with Crippen LogP contribution in [-0.2, 0) is 6.42 Å². The van der Waals surface area contributed by atoms with Gasteiger partial charge in [0, 0.05) is 5.39 Å². The van der Waals surface area contributed by atoms with E-state index in [1.54, 1.807) is 0 Å². The fraction of sp³-hybridized carbons (Fsp3) is 0.167. The fourth-order valence-electron chi connectivity index (χ4n) is 1.61. The van der Waals surface area contributed by atoms with Crippen molar-refractivity contribution in [2.24, 2.45) is 0 Å². The molecule has 2 nitrogen and oxygen atoms in total. The van der Waals surface area contributed by atoms with E-state index in [-0.39, 0.29) is 5.12 Å². The molecule has 0 bridgehead atoms. The van der Waals surface area contributed by atoms with Gasteiger partial charge in [-0.25, -0.2) is 4.98 Å².